The number of rotatable bonds is 13. The Kier molecular flexibility index (Phi) is 12.1. The third-order valence-electron chi connectivity index (χ3n) is 14.4. The van der Waals surface area contributed by atoms with Crippen LogP contribution in [0.2, 0.25) is 0 Å². The van der Waals surface area contributed by atoms with Gasteiger partial charge in [0.2, 0.25) is 5.91 Å². The number of aliphatic hydroxyl groups is 2. The van der Waals surface area contributed by atoms with Crippen LogP contribution >= 0.6 is 0 Å². The van der Waals surface area contributed by atoms with Crippen molar-refractivity contribution < 1.29 is 24.5 Å². The third kappa shape index (κ3) is 7.76. The molecule has 0 aromatic carbocycles. The molecular weight excluding hydrogens is 576 g/mol. The van der Waals surface area contributed by atoms with Gasteiger partial charge in [-0.3, -0.25) is 4.79 Å². The second-order valence-electron chi connectivity index (χ2n) is 17.5. The van der Waals surface area contributed by atoms with Gasteiger partial charge in [0, 0.05) is 32.0 Å². The molecule has 3 N–H and O–H groups in total. The molecule has 0 aromatic heterocycles. The van der Waals surface area contributed by atoms with E-state index < -0.39 is 6.10 Å². The van der Waals surface area contributed by atoms with Gasteiger partial charge in [0.25, 0.3) is 0 Å². The molecule has 7 nitrogen and oxygen atoms in total. The first-order valence-electron chi connectivity index (χ1n) is 19.5. The fourth-order valence-corrected chi connectivity index (χ4v) is 11.7. The van der Waals surface area contributed by atoms with Crippen molar-refractivity contribution in [3.05, 3.63) is 0 Å². The molecule has 2 amide bonds. The minimum absolute atomic E-state index is 0.0298. The van der Waals surface area contributed by atoms with E-state index in [9.17, 15) is 19.8 Å². The van der Waals surface area contributed by atoms with Gasteiger partial charge < -0.3 is 25.2 Å². The van der Waals surface area contributed by atoms with Gasteiger partial charge in [-0.2, -0.15) is 0 Å². The van der Waals surface area contributed by atoms with E-state index in [0.29, 0.717) is 42.8 Å². The van der Waals surface area contributed by atoms with Crippen molar-refractivity contribution in [2.45, 2.75) is 150 Å². The number of unbranched alkanes of at least 4 members (excludes halogenated alkanes) is 2. The summed E-state index contributed by atoms with van der Waals surface area (Å²) in [6.07, 6.45) is 17.8. The Hall–Kier alpha value is -1.34. The molecule has 0 radical (unpaired) electrons. The van der Waals surface area contributed by atoms with Crippen LogP contribution in [0.3, 0.4) is 0 Å². The van der Waals surface area contributed by atoms with Crippen molar-refractivity contribution in [3.63, 3.8) is 0 Å². The van der Waals surface area contributed by atoms with Crippen molar-refractivity contribution in [1.82, 2.24) is 10.2 Å². The highest BCUT2D eigenvalue weighted by Gasteiger charge is 2.60. The first-order valence-corrected chi connectivity index (χ1v) is 19.5. The summed E-state index contributed by atoms with van der Waals surface area (Å²) in [7, 11) is 0. The van der Waals surface area contributed by atoms with Crippen LogP contribution in [0.4, 0.5) is 4.79 Å². The maximum absolute atomic E-state index is 12.7. The SMILES string of the molecule is CC(C)CCCC(C)[C@H]1CCC2C3CCC4C[C@@H](OC(=O)NCCCCCC(=O)N5CC(O)C(CO)C5)CC[C@]4(C)C3CC[C@@]21C. The molecule has 5 rings (SSSR count). The predicted octanol–water partition coefficient (Wildman–Crippen LogP) is 7.57. The number of hydrogen-bond donors (Lipinski definition) is 3. The van der Waals surface area contributed by atoms with Crippen LogP contribution < -0.4 is 5.32 Å². The Labute approximate surface area is 280 Å². The standard InChI is InChI=1S/C39H68N2O5/c1-26(2)10-9-11-27(3)32-15-16-33-31-14-13-29-22-30(17-19-38(29,4)34(31)18-20-39(32,33)5)46-37(45)40-21-8-6-7-12-36(44)41-23-28(25-42)35(43)24-41/h26-35,42-43H,6-25H2,1-5H3,(H,40,45)/t27?,28?,29?,30-,31?,32+,33?,34?,35?,38-,39+/m0/s1. The van der Waals surface area contributed by atoms with E-state index in [2.05, 4.69) is 39.9 Å². The summed E-state index contributed by atoms with van der Waals surface area (Å²) in [5.74, 6) is 5.71. The minimum atomic E-state index is -0.626. The number of alkyl carbamates (subject to hydrolysis) is 1. The number of likely N-dealkylation sites (tertiary alicyclic amines) is 1. The number of fused-ring (bicyclic) bond motifs is 5. The second-order valence-corrected chi connectivity index (χ2v) is 17.5. The molecule has 4 saturated carbocycles. The Morgan fingerprint density at radius 2 is 1.65 bits per heavy atom. The zero-order chi connectivity index (χ0) is 33.1. The van der Waals surface area contributed by atoms with Crippen molar-refractivity contribution in [2.75, 3.05) is 26.2 Å². The molecule has 1 heterocycles. The zero-order valence-electron chi connectivity index (χ0n) is 30.0. The summed E-state index contributed by atoms with van der Waals surface area (Å²) in [5.41, 5.74) is 0.933. The Morgan fingerprint density at radius 1 is 0.891 bits per heavy atom. The van der Waals surface area contributed by atoms with E-state index in [-0.39, 0.29) is 30.6 Å². The molecule has 1 aliphatic heterocycles. The Bertz CT molecular complexity index is 1020. The van der Waals surface area contributed by atoms with Gasteiger partial charge in [-0.15, -0.1) is 0 Å². The van der Waals surface area contributed by atoms with Crippen LogP contribution in [0.15, 0.2) is 0 Å². The molecule has 0 bridgehead atoms. The van der Waals surface area contributed by atoms with E-state index in [1.54, 1.807) is 4.90 Å². The number of carbonyl (C=O) groups is 2. The number of hydrogen-bond acceptors (Lipinski definition) is 5. The molecule has 264 valence electrons. The molecule has 0 aromatic rings. The van der Waals surface area contributed by atoms with Crippen molar-refractivity contribution >= 4 is 12.0 Å². The zero-order valence-corrected chi connectivity index (χ0v) is 30.0. The van der Waals surface area contributed by atoms with E-state index >= 15 is 0 Å². The van der Waals surface area contributed by atoms with Crippen LogP contribution in [0.5, 0.6) is 0 Å². The van der Waals surface area contributed by atoms with Gasteiger partial charge in [-0.25, -0.2) is 4.79 Å². The molecule has 11 atom stereocenters. The maximum atomic E-state index is 12.7. The lowest BCUT2D eigenvalue weighted by Gasteiger charge is -2.61. The molecule has 46 heavy (non-hydrogen) atoms. The van der Waals surface area contributed by atoms with Crippen molar-refractivity contribution in [2.24, 2.45) is 58.2 Å². The van der Waals surface area contributed by atoms with Crippen molar-refractivity contribution in [3.8, 4) is 0 Å². The summed E-state index contributed by atoms with van der Waals surface area (Å²) in [5, 5.41) is 22.2. The minimum Gasteiger partial charge on any atom is -0.446 e. The summed E-state index contributed by atoms with van der Waals surface area (Å²) < 4.78 is 5.98. The fourth-order valence-electron chi connectivity index (χ4n) is 11.7. The predicted molar refractivity (Wildman–Crippen MR) is 183 cm³/mol. The molecule has 0 spiro atoms. The van der Waals surface area contributed by atoms with E-state index in [0.717, 1.165) is 67.6 Å². The van der Waals surface area contributed by atoms with Crippen LogP contribution in [-0.4, -0.2) is 65.6 Å². The van der Waals surface area contributed by atoms with E-state index in [1.807, 2.05) is 0 Å². The number of ether oxygens (including phenoxy) is 1. The van der Waals surface area contributed by atoms with Crippen LogP contribution in [-0.2, 0) is 9.53 Å². The summed E-state index contributed by atoms with van der Waals surface area (Å²) >= 11 is 0. The van der Waals surface area contributed by atoms with Gasteiger partial charge in [0.05, 0.1) is 12.7 Å². The van der Waals surface area contributed by atoms with E-state index in [4.69, 9.17) is 4.74 Å². The number of aliphatic hydroxyl groups excluding tert-OH is 2. The van der Waals surface area contributed by atoms with Crippen molar-refractivity contribution in [1.29, 1.82) is 0 Å². The monoisotopic (exact) mass is 645 g/mol. The fraction of sp³-hybridized carbons (Fsp3) is 0.949. The quantitative estimate of drug-likeness (QED) is 0.180. The van der Waals surface area contributed by atoms with Crippen LogP contribution in [0.25, 0.3) is 0 Å². The molecule has 7 unspecified atom stereocenters. The molecule has 5 fully saturated rings. The van der Waals surface area contributed by atoms with Gasteiger partial charge in [0.1, 0.15) is 6.10 Å². The first kappa shape index (κ1) is 36.0. The van der Waals surface area contributed by atoms with E-state index in [1.165, 1.54) is 64.2 Å². The number of β-amino-alcohol motifs (C(OH)–C–C–N with tert-alkyl or cyclic N) is 1. The lowest BCUT2D eigenvalue weighted by molar-refractivity contribution is -0.130. The molecule has 4 aliphatic carbocycles. The number of nitrogens with one attached hydrogen (secondary N) is 1. The first-order chi connectivity index (χ1) is 22.0. The summed E-state index contributed by atoms with van der Waals surface area (Å²) in [6.45, 7) is 13.8. The van der Waals surface area contributed by atoms with Gasteiger partial charge in [0.15, 0.2) is 0 Å². The topological polar surface area (TPSA) is 99.1 Å². The highest BCUT2D eigenvalue weighted by molar-refractivity contribution is 5.76. The largest absolute Gasteiger partial charge is 0.446 e. The lowest BCUT2D eigenvalue weighted by atomic mass is 9.44. The summed E-state index contributed by atoms with van der Waals surface area (Å²) in [6, 6.07) is 0. The normalized spacial score (nSPS) is 39.4. The number of carbonyl (C=O) groups excluding carboxylic acids is 2. The highest BCUT2D eigenvalue weighted by atomic mass is 16.6. The number of nitrogens with zero attached hydrogens (tertiary/aromatic N) is 1. The highest BCUT2D eigenvalue weighted by Crippen LogP contribution is 2.68. The van der Waals surface area contributed by atoms with Gasteiger partial charge in [-0.05, 0) is 123 Å². The summed E-state index contributed by atoms with van der Waals surface area (Å²) in [4.78, 5) is 26.8. The smallest absolute Gasteiger partial charge is 0.407 e. The Morgan fingerprint density at radius 3 is 2.39 bits per heavy atom. The molecule has 5 aliphatic rings. The molecule has 7 heteroatoms. The number of amides is 2. The van der Waals surface area contributed by atoms with Gasteiger partial charge >= 0.3 is 6.09 Å². The average molecular weight is 645 g/mol. The Balaban J connectivity index is 1.01. The second kappa shape index (κ2) is 15.5. The van der Waals surface area contributed by atoms with Crippen LogP contribution in [0, 0.1) is 58.2 Å². The molecular formula is C39H68N2O5. The van der Waals surface area contributed by atoms with Gasteiger partial charge in [-0.1, -0.05) is 60.3 Å². The lowest BCUT2D eigenvalue weighted by Crippen LogP contribution is -2.54. The maximum Gasteiger partial charge on any atom is 0.407 e. The molecule has 1 saturated heterocycles. The van der Waals surface area contributed by atoms with Crippen LogP contribution in [0.1, 0.15) is 137 Å². The third-order valence-corrected chi connectivity index (χ3v) is 14.4. The average Bonchev–Trinajstić information content (AvgIpc) is 3.58.